The Bertz CT molecular complexity index is 528. The van der Waals surface area contributed by atoms with Gasteiger partial charge in [0.1, 0.15) is 6.10 Å². The van der Waals surface area contributed by atoms with Gasteiger partial charge in [0.2, 0.25) is 0 Å². The van der Waals surface area contributed by atoms with E-state index >= 15 is 0 Å². The molecule has 0 amide bonds. The second-order valence-corrected chi connectivity index (χ2v) is 7.52. The van der Waals surface area contributed by atoms with Crippen molar-refractivity contribution in [3.8, 4) is 0 Å². The quantitative estimate of drug-likeness (QED) is 0.442. The van der Waals surface area contributed by atoms with Crippen LogP contribution in [0.4, 0.5) is 0 Å². The normalized spacial score (nSPS) is 43.1. The van der Waals surface area contributed by atoms with Gasteiger partial charge in [0.15, 0.2) is 6.79 Å². The lowest BCUT2D eigenvalue weighted by Crippen LogP contribution is -2.38. The van der Waals surface area contributed by atoms with Crippen molar-refractivity contribution in [2.24, 2.45) is 35.5 Å². The molecule has 7 unspecified atom stereocenters. The van der Waals surface area contributed by atoms with E-state index in [-0.39, 0.29) is 42.6 Å². The van der Waals surface area contributed by atoms with Crippen LogP contribution in [0.2, 0.25) is 0 Å². The molecule has 3 saturated carbocycles. The molecule has 4 rings (SSSR count). The van der Waals surface area contributed by atoms with Crippen LogP contribution in [-0.4, -0.2) is 31.9 Å². The molecule has 5 nitrogen and oxygen atoms in total. The molecule has 4 bridgehead atoms. The molecule has 3 fully saturated rings. The maximum Gasteiger partial charge on any atom is 0.312 e. The molecule has 4 aliphatic carbocycles. The van der Waals surface area contributed by atoms with E-state index in [0.717, 1.165) is 18.8 Å². The van der Waals surface area contributed by atoms with E-state index < -0.39 is 5.92 Å². The number of hydrogen-bond acceptors (Lipinski definition) is 5. The first-order valence-corrected chi connectivity index (χ1v) is 8.71. The van der Waals surface area contributed by atoms with Gasteiger partial charge in [0, 0.05) is 7.11 Å². The number of carbonyl (C=O) groups is 2. The highest BCUT2D eigenvalue weighted by molar-refractivity contribution is 5.84. The summed E-state index contributed by atoms with van der Waals surface area (Å²) >= 11 is 0. The van der Waals surface area contributed by atoms with Crippen LogP contribution in [-0.2, 0) is 23.8 Å². The van der Waals surface area contributed by atoms with E-state index in [9.17, 15) is 9.59 Å². The molecule has 0 radical (unpaired) electrons. The summed E-state index contributed by atoms with van der Waals surface area (Å²) in [6, 6.07) is 0. The first-order valence-electron chi connectivity index (χ1n) is 8.71. The van der Waals surface area contributed by atoms with Crippen molar-refractivity contribution in [1.29, 1.82) is 0 Å². The maximum absolute atomic E-state index is 12.8. The minimum Gasteiger partial charge on any atom is -0.462 e. The molecule has 0 N–H and O–H groups in total. The van der Waals surface area contributed by atoms with Gasteiger partial charge in [-0.15, -0.1) is 0 Å². The number of carbonyl (C=O) groups excluding carboxylic acids is 2. The lowest BCUT2D eigenvalue weighted by Gasteiger charge is -2.28. The largest absolute Gasteiger partial charge is 0.462 e. The van der Waals surface area contributed by atoms with Gasteiger partial charge in [-0.3, -0.25) is 9.59 Å². The maximum atomic E-state index is 12.8. The summed E-state index contributed by atoms with van der Waals surface area (Å²) in [5.41, 5.74) is 0. The van der Waals surface area contributed by atoms with E-state index in [1.807, 2.05) is 6.08 Å². The second kappa shape index (κ2) is 5.93. The van der Waals surface area contributed by atoms with Crippen LogP contribution in [0.3, 0.4) is 0 Å². The van der Waals surface area contributed by atoms with Crippen molar-refractivity contribution in [2.45, 2.75) is 38.2 Å². The molecule has 4 aliphatic rings. The number of rotatable bonds is 5. The van der Waals surface area contributed by atoms with Crippen LogP contribution in [0.25, 0.3) is 0 Å². The minimum atomic E-state index is -0.411. The number of fused-ring (bicyclic) bond motifs is 4. The minimum absolute atomic E-state index is 0.0649. The summed E-state index contributed by atoms with van der Waals surface area (Å²) in [6.07, 6.45) is 9.70. The van der Waals surface area contributed by atoms with Crippen LogP contribution >= 0.6 is 0 Å². The Morgan fingerprint density at radius 1 is 1.00 bits per heavy atom. The predicted molar refractivity (Wildman–Crippen MR) is 81.0 cm³/mol. The summed E-state index contributed by atoms with van der Waals surface area (Å²) in [5.74, 6) is 0.169. The number of hydrogen-bond donors (Lipinski definition) is 0. The lowest BCUT2D eigenvalue weighted by atomic mass is 9.83. The standard InChI is InChI=1S/C18H24O5/c1-21-9-22-17(19)15-12-4-5-13(8-12)16(15)18(20)23-14-7-10-2-3-11(14)6-10/h4-5,10-16H,2-3,6-9H2,1H3. The molecule has 7 atom stereocenters. The number of methoxy groups -OCH3 is 1. The summed E-state index contributed by atoms with van der Waals surface area (Å²) < 4.78 is 15.8. The smallest absolute Gasteiger partial charge is 0.312 e. The molecule has 0 aromatic heterocycles. The third kappa shape index (κ3) is 2.59. The SMILES string of the molecule is COCOC(=O)C1C2C=CC(C2)C1C(=O)OC1CC2CCC1C2. The van der Waals surface area contributed by atoms with Crippen molar-refractivity contribution in [2.75, 3.05) is 13.9 Å². The highest BCUT2D eigenvalue weighted by Gasteiger charge is 2.54. The van der Waals surface area contributed by atoms with Gasteiger partial charge in [-0.25, -0.2) is 0 Å². The number of allylic oxidation sites excluding steroid dienone is 2. The highest BCUT2D eigenvalue weighted by Crippen LogP contribution is 2.51. The molecule has 5 heteroatoms. The molecule has 0 aromatic carbocycles. The van der Waals surface area contributed by atoms with E-state index in [1.165, 1.54) is 26.4 Å². The van der Waals surface area contributed by atoms with Gasteiger partial charge >= 0.3 is 11.9 Å². The molecule has 126 valence electrons. The average molecular weight is 320 g/mol. The van der Waals surface area contributed by atoms with Gasteiger partial charge in [-0.05, 0) is 55.8 Å². The fourth-order valence-corrected chi connectivity index (χ4v) is 5.24. The van der Waals surface area contributed by atoms with Gasteiger partial charge in [-0.2, -0.15) is 0 Å². The molecule has 0 heterocycles. The van der Waals surface area contributed by atoms with Gasteiger partial charge in [0.25, 0.3) is 0 Å². The Labute approximate surface area is 136 Å². The summed E-state index contributed by atoms with van der Waals surface area (Å²) in [7, 11) is 1.48. The molecule has 0 aliphatic heterocycles. The summed E-state index contributed by atoms with van der Waals surface area (Å²) in [5, 5.41) is 0. The van der Waals surface area contributed by atoms with Gasteiger partial charge in [-0.1, -0.05) is 12.2 Å². The van der Waals surface area contributed by atoms with E-state index in [2.05, 4.69) is 6.08 Å². The van der Waals surface area contributed by atoms with Crippen molar-refractivity contribution in [1.82, 2.24) is 0 Å². The molecule has 23 heavy (non-hydrogen) atoms. The fraction of sp³-hybridized carbons (Fsp3) is 0.778. The Hall–Kier alpha value is -1.36. The van der Waals surface area contributed by atoms with Crippen LogP contribution < -0.4 is 0 Å². The summed E-state index contributed by atoms with van der Waals surface area (Å²) in [6.45, 7) is -0.0649. The Morgan fingerprint density at radius 2 is 1.74 bits per heavy atom. The Balaban J connectivity index is 1.44. The Kier molecular flexibility index (Phi) is 3.92. The number of ether oxygens (including phenoxy) is 3. The van der Waals surface area contributed by atoms with Crippen LogP contribution in [0, 0.1) is 35.5 Å². The zero-order chi connectivity index (χ0) is 16.0. The second-order valence-electron chi connectivity index (χ2n) is 7.52. The molecule has 0 aromatic rings. The Morgan fingerprint density at radius 3 is 2.35 bits per heavy atom. The third-order valence-electron chi connectivity index (χ3n) is 6.26. The van der Waals surface area contributed by atoms with Crippen molar-refractivity contribution in [3.63, 3.8) is 0 Å². The molecule has 0 spiro atoms. The highest BCUT2D eigenvalue weighted by atomic mass is 16.7. The number of esters is 2. The molecular formula is C18H24O5. The van der Waals surface area contributed by atoms with E-state index in [0.29, 0.717) is 5.92 Å². The van der Waals surface area contributed by atoms with Crippen molar-refractivity contribution < 1.29 is 23.8 Å². The van der Waals surface area contributed by atoms with Crippen LogP contribution in [0.1, 0.15) is 32.1 Å². The van der Waals surface area contributed by atoms with Crippen LogP contribution in [0.5, 0.6) is 0 Å². The zero-order valence-electron chi connectivity index (χ0n) is 13.5. The predicted octanol–water partition coefficient (Wildman–Crippen LogP) is 2.30. The fourth-order valence-electron chi connectivity index (χ4n) is 5.24. The van der Waals surface area contributed by atoms with Crippen molar-refractivity contribution >= 4 is 11.9 Å². The first-order chi connectivity index (χ1) is 11.2. The average Bonchev–Trinajstić information content (AvgIpc) is 3.30. The zero-order valence-corrected chi connectivity index (χ0v) is 13.5. The van der Waals surface area contributed by atoms with Crippen LogP contribution in [0.15, 0.2) is 12.2 Å². The van der Waals surface area contributed by atoms with E-state index in [4.69, 9.17) is 14.2 Å². The topological polar surface area (TPSA) is 61.8 Å². The van der Waals surface area contributed by atoms with Gasteiger partial charge < -0.3 is 14.2 Å². The molecular weight excluding hydrogens is 296 g/mol. The monoisotopic (exact) mass is 320 g/mol. The van der Waals surface area contributed by atoms with E-state index in [1.54, 1.807) is 0 Å². The molecule has 0 saturated heterocycles. The van der Waals surface area contributed by atoms with Gasteiger partial charge in [0.05, 0.1) is 11.8 Å². The first kappa shape index (κ1) is 15.2. The summed E-state index contributed by atoms with van der Waals surface area (Å²) in [4.78, 5) is 25.1. The van der Waals surface area contributed by atoms with Crippen molar-refractivity contribution in [3.05, 3.63) is 12.2 Å². The third-order valence-corrected chi connectivity index (χ3v) is 6.26. The lowest BCUT2D eigenvalue weighted by molar-refractivity contribution is -0.171.